The maximum atomic E-state index is 10.9. The lowest BCUT2D eigenvalue weighted by Gasteiger charge is -2.18. The minimum absolute atomic E-state index is 0.412. The van der Waals surface area contributed by atoms with Crippen molar-refractivity contribution in [1.82, 2.24) is 0 Å². The lowest BCUT2D eigenvalue weighted by Crippen LogP contribution is -2.24. The highest BCUT2D eigenvalue weighted by Crippen LogP contribution is 2.30. The van der Waals surface area contributed by atoms with Crippen LogP contribution in [0.2, 0.25) is 0 Å². The lowest BCUT2D eigenvalue weighted by atomic mass is 10.0. The number of hydrogen-bond acceptors (Lipinski definition) is 4. The fourth-order valence-electron chi connectivity index (χ4n) is 1.93. The van der Waals surface area contributed by atoms with Gasteiger partial charge in [-0.15, -0.1) is 0 Å². The van der Waals surface area contributed by atoms with E-state index in [1.54, 1.807) is 24.3 Å². The van der Waals surface area contributed by atoms with Crippen molar-refractivity contribution in [2.24, 2.45) is 4.47 Å². The Kier molecular flexibility index (Phi) is 4.68. The van der Waals surface area contributed by atoms with E-state index in [9.17, 15) is 13.2 Å². The van der Waals surface area contributed by atoms with Gasteiger partial charge in [0.25, 0.3) is 0 Å². The van der Waals surface area contributed by atoms with E-state index in [1.807, 2.05) is 30.3 Å². The van der Waals surface area contributed by atoms with Gasteiger partial charge in [-0.3, -0.25) is 4.79 Å². The maximum Gasteiger partial charge on any atom is 0.333 e. The second-order valence-corrected chi connectivity index (χ2v) is 4.73. The molecule has 1 N–H and O–H groups in total. The number of para-hydroxylation sites is 1. The van der Waals surface area contributed by atoms with Gasteiger partial charge in [0, 0.05) is 5.56 Å². The van der Waals surface area contributed by atoms with Gasteiger partial charge in [-0.25, -0.2) is 5.01 Å². The third-order valence-corrected chi connectivity index (χ3v) is 3.05. The first-order chi connectivity index (χ1) is 10.1. The van der Waals surface area contributed by atoms with Crippen molar-refractivity contribution in [3.63, 3.8) is 0 Å². The second-order valence-electron chi connectivity index (χ2n) is 4.13. The van der Waals surface area contributed by atoms with Crippen LogP contribution in [-0.4, -0.2) is 26.0 Å². The van der Waals surface area contributed by atoms with Gasteiger partial charge in [-0.1, -0.05) is 48.5 Å². The largest absolute Gasteiger partial charge is 0.480 e. The molecule has 2 aromatic carbocycles. The van der Waals surface area contributed by atoms with Crippen LogP contribution in [0.1, 0.15) is 0 Å². The number of carboxylic acid groups (broad SMARTS) is 1. The monoisotopic (exact) mass is 304 g/mol. The topological polar surface area (TPSA) is 87.0 Å². The standard InChI is InChI=1S/C14H12N2O4S/c17-14(18)10-16(15-21(19)20)13-9-5-4-8-12(13)11-6-2-1-3-7-11/h1-9H,10H2,(H,17,18). The van der Waals surface area contributed by atoms with Gasteiger partial charge in [0.1, 0.15) is 6.54 Å². The van der Waals surface area contributed by atoms with Crippen LogP contribution < -0.4 is 5.01 Å². The van der Waals surface area contributed by atoms with Crippen LogP contribution in [0.15, 0.2) is 59.1 Å². The Labute approximate surface area is 122 Å². The summed E-state index contributed by atoms with van der Waals surface area (Å²) in [4.78, 5) is 10.9. The molecule has 2 aromatic rings. The molecule has 0 spiro atoms. The summed E-state index contributed by atoms with van der Waals surface area (Å²) in [6.45, 7) is -0.544. The molecule has 108 valence electrons. The molecule has 0 radical (unpaired) electrons. The van der Waals surface area contributed by atoms with E-state index in [4.69, 9.17) is 5.11 Å². The SMILES string of the molecule is O=C(O)CN(N=S(=O)=O)c1ccccc1-c1ccccc1. The zero-order valence-corrected chi connectivity index (χ0v) is 11.7. The molecule has 7 heteroatoms. The van der Waals surface area contributed by atoms with Gasteiger partial charge in [-0.05, 0) is 16.1 Å². The van der Waals surface area contributed by atoms with E-state index in [2.05, 4.69) is 4.47 Å². The fraction of sp³-hybridized carbons (Fsp3) is 0.0714. The predicted molar refractivity (Wildman–Crippen MR) is 78.2 cm³/mol. The molecule has 2 rings (SSSR count). The van der Waals surface area contributed by atoms with E-state index < -0.39 is 23.0 Å². The van der Waals surface area contributed by atoms with Crippen LogP contribution in [0.25, 0.3) is 11.1 Å². The summed E-state index contributed by atoms with van der Waals surface area (Å²) in [5.41, 5.74) is 1.96. The minimum Gasteiger partial charge on any atom is -0.480 e. The quantitative estimate of drug-likeness (QED) is 0.856. The van der Waals surface area contributed by atoms with E-state index >= 15 is 0 Å². The molecule has 0 amide bonds. The van der Waals surface area contributed by atoms with Crippen molar-refractivity contribution in [3.8, 4) is 11.1 Å². The number of anilines is 1. The predicted octanol–water partition coefficient (Wildman–Crippen LogP) is 2.22. The fourth-order valence-corrected chi connectivity index (χ4v) is 2.23. The molecular weight excluding hydrogens is 292 g/mol. The zero-order valence-electron chi connectivity index (χ0n) is 10.9. The van der Waals surface area contributed by atoms with Crippen LogP contribution in [0.4, 0.5) is 5.69 Å². The van der Waals surface area contributed by atoms with Crippen molar-refractivity contribution in [1.29, 1.82) is 0 Å². The van der Waals surface area contributed by atoms with Crippen LogP contribution >= 0.6 is 0 Å². The molecule has 0 unspecified atom stereocenters. The lowest BCUT2D eigenvalue weighted by molar-refractivity contribution is -0.135. The molecule has 0 aliphatic carbocycles. The highest BCUT2D eigenvalue weighted by Gasteiger charge is 2.15. The van der Waals surface area contributed by atoms with Gasteiger partial charge in [0.2, 0.25) is 0 Å². The van der Waals surface area contributed by atoms with E-state index in [0.717, 1.165) is 10.6 Å². The van der Waals surface area contributed by atoms with E-state index in [1.165, 1.54) is 0 Å². The van der Waals surface area contributed by atoms with Gasteiger partial charge in [0.05, 0.1) is 5.69 Å². The molecule has 0 aromatic heterocycles. The Morgan fingerprint density at radius 1 is 1.05 bits per heavy atom. The number of nitrogens with zero attached hydrogens (tertiary/aromatic N) is 2. The average molecular weight is 304 g/mol. The van der Waals surface area contributed by atoms with Gasteiger partial charge < -0.3 is 5.11 Å². The maximum absolute atomic E-state index is 10.9. The van der Waals surface area contributed by atoms with Crippen molar-refractivity contribution >= 4 is 22.2 Å². The summed E-state index contributed by atoms with van der Waals surface area (Å²) in [6.07, 6.45) is 0. The smallest absolute Gasteiger partial charge is 0.333 e. The summed E-state index contributed by atoms with van der Waals surface area (Å²) < 4.78 is 25.0. The number of rotatable bonds is 5. The van der Waals surface area contributed by atoms with Gasteiger partial charge in [0.15, 0.2) is 0 Å². The Morgan fingerprint density at radius 2 is 1.67 bits per heavy atom. The number of carbonyl (C=O) groups is 1. The molecule has 0 atom stereocenters. The third-order valence-electron chi connectivity index (χ3n) is 2.72. The normalized spacial score (nSPS) is 9.90. The highest BCUT2D eigenvalue weighted by atomic mass is 32.2. The Bertz CT molecular complexity index is 765. The number of hydrogen-bond donors (Lipinski definition) is 1. The van der Waals surface area contributed by atoms with Crippen LogP contribution in [0.3, 0.4) is 0 Å². The molecule has 0 aliphatic rings. The highest BCUT2D eigenvalue weighted by molar-refractivity contribution is 7.61. The average Bonchev–Trinajstić information content (AvgIpc) is 2.46. The third kappa shape index (κ3) is 3.90. The van der Waals surface area contributed by atoms with Crippen LogP contribution in [0.5, 0.6) is 0 Å². The summed E-state index contributed by atoms with van der Waals surface area (Å²) in [7, 11) is -2.74. The summed E-state index contributed by atoms with van der Waals surface area (Å²) >= 11 is 0. The number of aliphatic carboxylic acids is 1. The minimum atomic E-state index is -2.74. The first-order valence-corrected chi connectivity index (χ1v) is 7.06. The summed E-state index contributed by atoms with van der Waals surface area (Å²) in [5.74, 6) is -1.17. The molecule has 6 nitrogen and oxygen atoms in total. The summed E-state index contributed by atoms with van der Waals surface area (Å²) in [5, 5.41) is 9.87. The van der Waals surface area contributed by atoms with Crippen molar-refractivity contribution in [2.45, 2.75) is 0 Å². The molecular formula is C14H12N2O4S. The van der Waals surface area contributed by atoms with Crippen LogP contribution in [-0.2, 0) is 15.3 Å². The van der Waals surface area contributed by atoms with Gasteiger partial charge in [-0.2, -0.15) is 8.42 Å². The van der Waals surface area contributed by atoms with Gasteiger partial charge >= 0.3 is 16.5 Å². The molecule has 0 fully saturated rings. The molecule has 0 saturated heterocycles. The number of carboxylic acids is 1. The molecule has 0 heterocycles. The zero-order chi connectivity index (χ0) is 15.2. The van der Waals surface area contributed by atoms with E-state index in [-0.39, 0.29) is 0 Å². The molecule has 0 aliphatic heterocycles. The molecule has 0 saturated carbocycles. The number of benzene rings is 2. The first-order valence-electron chi connectivity index (χ1n) is 6.03. The van der Waals surface area contributed by atoms with Crippen molar-refractivity contribution in [3.05, 3.63) is 54.6 Å². The first kappa shape index (κ1) is 14.7. The Hall–Kier alpha value is -2.67. The van der Waals surface area contributed by atoms with Crippen molar-refractivity contribution < 1.29 is 18.3 Å². The van der Waals surface area contributed by atoms with Crippen LogP contribution in [0, 0.1) is 0 Å². The Morgan fingerprint density at radius 3 is 2.29 bits per heavy atom. The Balaban J connectivity index is 2.56. The van der Waals surface area contributed by atoms with Crippen molar-refractivity contribution in [2.75, 3.05) is 11.6 Å². The molecule has 0 bridgehead atoms. The summed E-state index contributed by atoms with van der Waals surface area (Å²) in [6, 6.07) is 16.1. The second kappa shape index (κ2) is 6.67. The molecule has 21 heavy (non-hydrogen) atoms. The van der Waals surface area contributed by atoms with E-state index in [0.29, 0.717) is 11.3 Å².